The Kier molecular flexibility index (Phi) is 5.58. The summed E-state index contributed by atoms with van der Waals surface area (Å²) in [7, 11) is 0. The summed E-state index contributed by atoms with van der Waals surface area (Å²) in [5.74, 6) is 0. The predicted molar refractivity (Wildman–Crippen MR) is 129 cm³/mol. The van der Waals surface area contributed by atoms with Crippen molar-refractivity contribution in [1.29, 1.82) is 0 Å². The van der Waals surface area contributed by atoms with Crippen LogP contribution >= 0.6 is 22.9 Å². The van der Waals surface area contributed by atoms with E-state index in [0.29, 0.717) is 5.02 Å². The molecule has 0 amide bonds. The van der Waals surface area contributed by atoms with Crippen molar-refractivity contribution in [3.8, 4) is 11.1 Å². The number of hydrogen-bond donors (Lipinski definition) is 2. The summed E-state index contributed by atoms with van der Waals surface area (Å²) < 4.78 is 0. The SMILES string of the molecule is Cc1nc2ccc(-c3ccc(C(C)(C)O)cc3)cc2c(NC(C)c2ccsc2)c1Cl. The number of fused-ring (bicyclic) bond motifs is 1. The topological polar surface area (TPSA) is 45.2 Å². The Balaban J connectivity index is 1.78. The lowest BCUT2D eigenvalue weighted by molar-refractivity contribution is 0.0786. The number of nitrogens with one attached hydrogen (secondary N) is 1. The summed E-state index contributed by atoms with van der Waals surface area (Å²) in [6, 6.07) is 16.5. The number of pyridine rings is 1. The Hall–Kier alpha value is -2.40. The van der Waals surface area contributed by atoms with Crippen LogP contribution in [0.5, 0.6) is 0 Å². The van der Waals surface area contributed by atoms with Gasteiger partial charge < -0.3 is 10.4 Å². The molecule has 0 saturated carbocycles. The second-order valence-corrected chi connectivity index (χ2v) is 9.34. The Morgan fingerprint density at radius 3 is 2.40 bits per heavy atom. The van der Waals surface area contributed by atoms with Crippen LogP contribution in [-0.4, -0.2) is 10.1 Å². The number of aliphatic hydroxyl groups is 1. The Morgan fingerprint density at radius 2 is 1.77 bits per heavy atom. The van der Waals surface area contributed by atoms with Gasteiger partial charge in [0, 0.05) is 11.4 Å². The van der Waals surface area contributed by atoms with Gasteiger partial charge in [-0.2, -0.15) is 11.3 Å². The highest BCUT2D eigenvalue weighted by atomic mass is 35.5. The maximum Gasteiger partial charge on any atom is 0.0856 e. The Bertz CT molecular complexity index is 1180. The van der Waals surface area contributed by atoms with Crippen molar-refractivity contribution in [2.75, 3.05) is 5.32 Å². The van der Waals surface area contributed by atoms with E-state index < -0.39 is 5.60 Å². The fourth-order valence-corrected chi connectivity index (χ4v) is 4.53. The first-order chi connectivity index (χ1) is 14.2. The largest absolute Gasteiger partial charge is 0.386 e. The minimum absolute atomic E-state index is 0.133. The first-order valence-electron chi connectivity index (χ1n) is 9.96. The number of aryl methyl sites for hydroxylation is 1. The van der Waals surface area contributed by atoms with E-state index in [-0.39, 0.29) is 6.04 Å². The molecule has 2 aromatic heterocycles. The van der Waals surface area contributed by atoms with Crippen molar-refractivity contribution in [2.45, 2.75) is 39.3 Å². The van der Waals surface area contributed by atoms with E-state index in [0.717, 1.165) is 39.0 Å². The molecule has 4 aromatic rings. The third-order valence-electron chi connectivity index (χ3n) is 5.42. The van der Waals surface area contributed by atoms with Gasteiger partial charge in [-0.05, 0) is 78.9 Å². The molecule has 0 fully saturated rings. The van der Waals surface area contributed by atoms with Gasteiger partial charge in [0.15, 0.2) is 0 Å². The number of halogens is 1. The minimum atomic E-state index is -0.855. The van der Waals surface area contributed by atoms with Gasteiger partial charge in [0.05, 0.1) is 27.5 Å². The zero-order valence-corrected chi connectivity index (χ0v) is 19.1. The molecule has 3 nitrogen and oxygen atoms in total. The third kappa shape index (κ3) is 4.08. The molecule has 0 aliphatic rings. The van der Waals surface area contributed by atoms with Crippen molar-refractivity contribution in [3.63, 3.8) is 0 Å². The van der Waals surface area contributed by atoms with E-state index in [1.54, 1.807) is 25.2 Å². The normalized spacial score (nSPS) is 12.9. The van der Waals surface area contributed by atoms with Crippen LogP contribution in [0.1, 0.15) is 43.6 Å². The van der Waals surface area contributed by atoms with Crippen LogP contribution in [-0.2, 0) is 5.60 Å². The molecule has 2 N–H and O–H groups in total. The van der Waals surface area contributed by atoms with Crippen LogP contribution in [0.15, 0.2) is 59.3 Å². The van der Waals surface area contributed by atoms with E-state index in [4.69, 9.17) is 11.6 Å². The summed E-state index contributed by atoms with van der Waals surface area (Å²) >= 11 is 8.39. The highest BCUT2D eigenvalue weighted by Crippen LogP contribution is 2.37. The van der Waals surface area contributed by atoms with E-state index in [2.05, 4.69) is 46.2 Å². The molecule has 2 aromatic carbocycles. The fourth-order valence-electron chi connectivity index (χ4n) is 3.58. The molecular weight excluding hydrogens is 412 g/mol. The molecule has 1 atom stereocenters. The van der Waals surface area contributed by atoms with E-state index >= 15 is 0 Å². The lowest BCUT2D eigenvalue weighted by atomic mass is 9.95. The smallest absolute Gasteiger partial charge is 0.0856 e. The summed E-state index contributed by atoms with van der Waals surface area (Å²) in [6.07, 6.45) is 0. The van der Waals surface area contributed by atoms with E-state index in [9.17, 15) is 5.11 Å². The highest BCUT2D eigenvalue weighted by Gasteiger charge is 2.17. The molecule has 0 bridgehead atoms. The maximum absolute atomic E-state index is 10.2. The number of thiophene rings is 1. The summed E-state index contributed by atoms with van der Waals surface area (Å²) in [5.41, 5.74) is 6.06. The van der Waals surface area contributed by atoms with E-state index in [1.165, 1.54) is 5.56 Å². The van der Waals surface area contributed by atoms with Crippen LogP contribution in [0.2, 0.25) is 5.02 Å². The molecular formula is C25H25ClN2OS. The predicted octanol–water partition coefficient (Wildman–Crippen LogP) is 7.33. The molecule has 4 rings (SSSR count). The number of anilines is 1. The number of aromatic nitrogens is 1. The van der Waals surface area contributed by atoms with Gasteiger partial charge in [-0.3, -0.25) is 4.98 Å². The molecule has 0 saturated heterocycles. The molecule has 0 aliphatic heterocycles. The molecule has 154 valence electrons. The van der Waals surface area contributed by atoms with Gasteiger partial charge in [0.2, 0.25) is 0 Å². The van der Waals surface area contributed by atoms with Gasteiger partial charge in [-0.1, -0.05) is 41.9 Å². The molecule has 30 heavy (non-hydrogen) atoms. The summed E-state index contributed by atoms with van der Waals surface area (Å²) in [4.78, 5) is 4.68. The molecule has 1 unspecified atom stereocenters. The summed E-state index contributed by atoms with van der Waals surface area (Å²) in [5, 5.41) is 19.7. The molecule has 0 radical (unpaired) electrons. The first-order valence-corrected chi connectivity index (χ1v) is 11.3. The van der Waals surface area contributed by atoms with Crippen LogP contribution in [0, 0.1) is 6.92 Å². The van der Waals surface area contributed by atoms with Crippen LogP contribution in [0.4, 0.5) is 5.69 Å². The zero-order valence-electron chi connectivity index (χ0n) is 17.5. The van der Waals surface area contributed by atoms with Gasteiger partial charge in [-0.25, -0.2) is 0 Å². The number of benzene rings is 2. The van der Waals surface area contributed by atoms with Crippen molar-refractivity contribution in [3.05, 3.63) is 81.1 Å². The van der Waals surface area contributed by atoms with Gasteiger partial charge in [0.1, 0.15) is 0 Å². The number of rotatable bonds is 5. The third-order valence-corrected chi connectivity index (χ3v) is 6.58. The van der Waals surface area contributed by atoms with Crippen molar-refractivity contribution >= 4 is 39.5 Å². The summed E-state index contributed by atoms with van der Waals surface area (Å²) in [6.45, 7) is 7.66. The van der Waals surface area contributed by atoms with Crippen molar-refractivity contribution in [2.24, 2.45) is 0 Å². The Morgan fingerprint density at radius 1 is 1.07 bits per heavy atom. The van der Waals surface area contributed by atoms with E-state index in [1.807, 2.05) is 37.3 Å². The van der Waals surface area contributed by atoms with Crippen molar-refractivity contribution in [1.82, 2.24) is 4.98 Å². The second kappa shape index (κ2) is 8.03. The number of nitrogens with zero attached hydrogens (tertiary/aromatic N) is 1. The molecule has 0 spiro atoms. The second-order valence-electron chi connectivity index (χ2n) is 8.18. The molecule has 5 heteroatoms. The average Bonchev–Trinajstić information content (AvgIpc) is 3.25. The van der Waals surface area contributed by atoms with Gasteiger partial charge in [0.25, 0.3) is 0 Å². The van der Waals surface area contributed by atoms with Crippen LogP contribution in [0.25, 0.3) is 22.0 Å². The average molecular weight is 437 g/mol. The van der Waals surface area contributed by atoms with Crippen LogP contribution < -0.4 is 5.32 Å². The van der Waals surface area contributed by atoms with Crippen LogP contribution in [0.3, 0.4) is 0 Å². The maximum atomic E-state index is 10.2. The quantitative estimate of drug-likeness (QED) is 0.344. The zero-order chi connectivity index (χ0) is 21.5. The first kappa shape index (κ1) is 20.9. The van der Waals surface area contributed by atoms with Gasteiger partial charge in [-0.15, -0.1) is 0 Å². The lowest BCUT2D eigenvalue weighted by Gasteiger charge is -2.19. The minimum Gasteiger partial charge on any atom is -0.386 e. The highest BCUT2D eigenvalue weighted by molar-refractivity contribution is 7.08. The fraction of sp³-hybridized carbons (Fsp3) is 0.240. The van der Waals surface area contributed by atoms with Crippen molar-refractivity contribution < 1.29 is 5.11 Å². The Labute approximate surface area is 186 Å². The lowest BCUT2D eigenvalue weighted by Crippen LogP contribution is -2.14. The molecule has 0 aliphatic carbocycles. The standard InChI is InChI=1S/C25H25ClN2OS/c1-15(19-11-12-30-14-19)28-24-21-13-18(7-10-22(21)27-16(2)23(24)26)17-5-8-20(9-6-17)25(3,4)29/h5-15,29H,1-4H3,(H,27,28). The number of hydrogen-bond acceptors (Lipinski definition) is 4. The monoisotopic (exact) mass is 436 g/mol. The van der Waals surface area contributed by atoms with Gasteiger partial charge >= 0.3 is 0 Å². The molecule has 2 heterocycles.